The summed E-state index contributed by atoms with van der Waals surface area (Å²) in [7, 11) is 0. The Balaban J connectivity index is 2.14. The van der Waals surface area contributed by atoms with Crippen molar-refractivity contribution in [1.29, 1.82) is 0 Å². The third kappa shape index (κ3) is 4.59. The van der Waals surface area contributed by atoms with E-state index in [2.05, 4.69) is 17.3 Å². The lowest BCUT2D eigenvalue weighted by atomic mass is 10.0. The number of carbonyl (C=O) groups excluding carboxylic acids is 1. The van der Waals surface area contributed by atoms with Crippen molar-refractivity contribution < 1.29 is 9.90 Å². The molecule has 0 saturated carbocycles. The second-order valence-electron chi connectivity index (χ2n) is 5.31. The molecule has 2 rings (SSSR count). The molecular formula is C17H22N2O2. The van der Waals surface area contributed by atoms with Crippen LogP contribution >= 0.6 is 0 Å². The SMILES string of the molecule is Cc1ccc(C#CCCO)c(C(=O)NN2CCCCC2)c1. The van der Waals surface area contributed by atoms with E-state index in [4.69, 9.17) is 5.11 Å². The normalized spacial score (nSPS) is 15.1. The molecule has 4 heteroatoms. The van der Waals surface area contributed by atoms with Crippen molar-refractivity contribution in [1.82, 2.24) is 10.4 Å². The molecule has 1 heterocycles. The van der Waals surface area contributed by atoms with Gasteiger partial charge in [-0.15, -0.1) is 0 Å². The Kier molecular flexibility index (Phi) is 5.79. The fourth-order valence-corrected chi connectivity index (χ4v) is 2.38. The van der Waals surface area contributed by atoms with Gasteiger partial charge in [-0.05, 0) is 31.9 Å². The fourth-order valence-electron chi connectivity index (χ4n) is 2.38. The van der Waals surface area contributed by atoms with Gasteiger partial charge in [0.1, 0.15) is 0 Å². The van der Waals surface area contributed by atoms with Crippen molar-refractivity contribution in [3.63, 3.8) is 0 Å². The predicted octanol–water partition coefficient (Wildman–Crippen LogP) is 1.86. The van der Waals surface area contributed by atoms with E-state index >= 15 is 0 Å². The highest BCUT2D eigenvalue weighted by molar-refractivity contribution is 5.96. The van der Waals surface area contributed by atoms with Crippen molar-refractivity contribution in [2.45, 2.75) is 32.6 Å². The molecule has 1 aromatic carbocycles. The van der Waals surface area contributed by atoms with Crippen molar-refractivity contribution in [3.05, 3.63) is 34.9 Å². The number of aliphatic hydroxyl groups excluding tert-OH is 1. The largest absolute Gasteiger partial charge is 0.395 e. The van der Waals surface area contributed by atoms with Gasteiger partial charge in [-0.2, -0.15) is 0 Å². The Morgan fingerprint density at radius 1 is 1.33 bits per heavy atom. The molecule has 0 spiro atoms. The van der Waals surface area contributed by atoms with Crippen LogP contribution in [0.2, 0.25) is 0 Å². The number of benzene rings is 1. The van der Waals surface area contributed by atoms with Gasteiger partial charge in [0, 0.05) is 25.1 Å². The minimum atomic E-state index is -0.103. The number of hydrogen-bond acceptors (Lipinski definition) is 3. The van der Waals surface area contributed by atoms with Gasteiger partial charge in [-0.25, -0.2) is 5.01 Å². The number of piperidine rings is 1. The molecule has 0 aromatic heterocycles. The number of amides is 1. The maximum absolute atomic E-state index is 12.4. The minimum Gasteiger partial charge on any atom is -0.395 e. The van der Waals surface area contributed by atoms with E-state index < -0.39 is 0 Å². The van der Waals surface area contributed by atoms with Crippen LogP contribution in [0.5, 0.6) is 0 Å². The molecule has 0 radical (unpaired) electrons. The molecule has 1 aliphatic rings. The Morgan fingerprint density at radius 2 is 2.10 bits per heavy atom. The van der Waals surface area contributed by atoms with Gasteiger partial charge in [0.15, 0.2) is 0 Å². The van der Waals surface area contributed by atoms with Gasteiger partial charge in [-0.3, -0.25) is 10.2 Å². The van der Waals surface area contributed by atoms with E-state index in [9.17, 15) is 4.79 Å². The first-order chi connectivity index (χ1) is 10.2. The summed E-state index contributed by atoms with van der Waals surface area (Å²) in [5.74, 6) is 5.74. The maximum Gasteiger partial charge on any atom is 0.266 e. The number of nitrogens with zero attached hydrogens (tertiary/aromatic N) is 1. The first-order valence-corrected chi connectivity index (χ1v) is 7.47. The van der Waals surface area contributed by atoms with Gasteiger partial charge in [0.25, 0.3) is 5.91 Å². The topological polar surface area (TPSA) is 52.6 Å². The minimum absolute atomic E-state index is 0.0359. The summed E-state index contributed by atoms with van der Waals surface area (Å²) in [6.45, 7) is 3.81. The lowest BCUT2D eigenvalue weighted by molar-refractivity contribution is 0.0749. The Bertz CT molecular complexity index is 552. The van der Waals surface area contributed by atoms with E-state index in [-0.39, 0.29) is 12.5 Å². The second-order valence-corrected chi connectivity index (χ2v) is 5.31. The lowest BCUT2D eigenvalue weighted by Crippen LogP contribution is -2.45. The van der Waals surface area contributed by atoms with Crippen molar-refractivity contribution in [2.24, 2.45) is 0 Å². The summed E-state index contributed by atoms with van der Waals surface area (Å²) in [6.07, 6.45) is 3.89. The van der Waals surface area contributed by atoms with Gasteiger partial charge < -0.3 is 5.11 Å². The molecule has 4 nitrogen and oxygen atoms in total. The summed E-state index contributed by atoms with van der Waals surface area (Å²) in [5.41, 5.74) is 5.32. The summed E-state index contributed by atoms with van der Waals surface area (Å²) < 4.78 is 0. The molecule has 2 N–H and O–H groups in total. The monoisotopic (exact) mass is 286 g/mol. The van der Waals surface area contributed by atoms with Crippen LogP contribution in [0.15, 0.2) is 18.2 Å². The highest BCUT2D eigenvalue weighted by atomic mass is 16.2. The Morgan fingerprint density at radius 3 is 2.81 bits per heavy atom. The number of aryl methyl sites for hydroxylation is 1. The maximum atomic E-state index is 12.4. The van der Waals surface area contributed by atoms with Crippen LogP contribution in [0.4, 0.5) is 0 Å². The van der Waals surface area contributed by atoms with Crippen molar-refractivity contribution >= 4 is 5.91 Å². The van der Waals surface area contributed by atoms with E-state index in [0.717, 1.165) is 31.5 Å². The lowest BCUT2D eigenvalue weighted by Gasteiger charge is -2.27. The number of aliphatic hydroxyl groups is 1. The summed E-state index contributed by atoms with van der Waals surface area (Å²) in [4.78, 5) is 12.4. The molecule has 0 aliphatic carbocycles. The molecule has 0 unspecified atom stereocenters. The third-order valence-electron chi connectivity index (χ3n) is 3.50. The average molecular weight is 286 g/mol. The number of nitrogens with one attached hydrogen (secondary N) is 1. The first kappa shape index (κ1) is 15.6. The standard InChI is InChI=1S/C17H22N2O2/c1-14-8-9-15(7-3-6-12-20)16(13-14)17(21)18-19-10-4-2-5-11-19/h8-9,13,20H,2,4-6,10-12H2,1H3,(H,18,21). The predicted molar refractivity (Wildman–Crippen MR) is 82.7 cm³/mol. The Hall–Kier alpha value is -1.83. The number of carbonyl (C=O) groups is 1. The zero-order valence-electron chi connectivity index (χ0n) is 12.5. The number of hydrazine groups is 1. The van der Waals surface area contributed by atoms with Crippen LogP contribution < -0.4 is 5.43 Å². The van der Waals surface area contributed by atoms with Crippen LogP contribution in [-0.2, 0) is 0 Å². The van der Waals surface area contributed by atoms with E-state index in [1.165, 1.54) is 6.42 Å². The molecule has 1 amide bonds. The van der Waals surface area contributed by atoms with E-state index in [0.29, 0.717) is 17.5 Å². The summed E-state index contributed by atoms with van der Waals surface area (Å²) in [5, 5.41) is 10.8. The highest BCUT2D eigenvalue weighted by Gasteiger charge is 2.16. The zero-order valence-corrected chi connectivity index (χ0v) is 12.5. The summed E-state index contributed by atoms with van der Waals surface area (Å²) >= 11 is 0. The van der Waals surface area contributed by atoms with Crippen LogP contribution in [-0.4, -0.2) is 35.7 Å². The smallest absolute Gasteiger partial charge is 0.266 e. The second kappa shape index (κ2) is 7.82. The van der Waals surface area contributed by atoms with Crippen LogP contribution in [0.3, 0.4) is 0 Å². The number of hydrogen-bond donors (Lipinski definition) is 2. The average Bonchev–Trinajstić information content (AvgIpc) is 2.50. The van der Waals surface area contributed by atoms with Gasteiger partial charge >= 0.3 is 0 Å². The zero-order chi connectivity index (χ0) is 15.1. The molecule has 1 fully saturated rings. The molecule has 1 aliphatic heterocycles. The molecule has 112 valence electrons. The van der Waals surface area contributed by atoms with Crippen molar-refractivity contribution in [3.8, 4) is 11.8 Å². The third-order valence-corrected chi connectivity index (χ3v) is 3.50. The van der Waals surface area contributed by atoms with Gasteiger partial charge in [0.2, 0.25) is 0 Å². The van der Waals surface area contributed by atoms with Crippen LogP contribution in [0.25, 0.3) is 0 Å². The molecule has 0 atom stereocenters. The molecule has 0 bridgehead atoms. The fraction of sp³-hybridized carbons (Fsp3) is 0.471. The van der Waals surface area contributed by atoms with Gasteiger partial charge in [-0.1, -0.05) is 29.9 Å². The Labute approximate surface area is 126 Å². The molecule has 1 saturated heterocycles. The summed E-state index contributed by atoms with van der Waals surface area (Å²) in [6, 6.07) is 5.67. The molecule has 1 aromatic rings. The quantitative estimate of drug-likeness (QED) is 0.834. The van der Waals surface area contributed by atoms with E-state index in [1.54, 1.807) is 0 Å². The van der Waals surface area contributed by atoms with E-state index in [1.807, 2.05) is 30.1 Å². The van der Waals surface area contributed by atoms with Crippen LogP contribution in [0.1, 0.15) is 47.2 Å². The van der Waals surface area contributed by atoms with Crippen molar-refractivity contribution in [2.75, 3.05) is 19.7 Å². The highest BCUT2D eigenvalue weighted by Crippen LogP contribution is 2.12. The van der Waals surface area contributed by atoms with Gasteiger partial charge in [0.05, 0.1) is 12.2 Å². The molecular weight excluding hydrogens is 264 g/mol. The first-order valence-electron chi connectivity index (χ1n) is 7.47. The number of rotatable bonds is 3. The molecule has 21 heavy (non-hydrogen) atoms. The van der Waals surface area contributed by atoms with Crippen LogP contribution in [0, 0.1) is 18.8 Å².